The van der Waals surface area contributed by atoms with Crippen molar-refractivity contribution in [2.45, 2.75) is 27.2 Å². The van der Waals surface area contributed by atoms with E-state index in [1.807, 2.05) is 39.0 Å². The zero-order valence-corrected chi connectivity index (χ0v) is 17.8. The van der Waals surface area contributed by atoms with E-state index in [0.29, 0.717) is 55.6 Å². The summed E-state index contributed by atoms with van der Waals surface area (Å²) in [5, 5.41) is 5.43. The fraction of sp³-hybridized carbons (Fsp3) is 0.391. The third-order valence-corrected chi connectivity index (χ3v) is 4.18. The topological polar surface area (TPSA) is 85.9 Å². The maximum atomic E-state index is 12.1. The van der Waals surface area contributed by atoms with Crippen LogP contribution in [0.25, 0.3) is 0 Å². The van der Waals surface area contributed by atoms with Gasteiger partial charge in [-0.3, -0.25) is 9.59 Å². The first-order valence-electron chi connectivity index (χ1n) is 10.2. The van der Waals surface area contributed by atoms with Gasteiger partial charge < -0.3 is 24.8 Å². The average molecular weight is 415 g/mol. The molecule has 2 aromatic carbocycles. The van der Waals surface area contributed by atoms with Crippen LogP contribution in [0.2, 0.25) is 0 Å². The number of ether oxygens (including phenoxy) is 3. The Morgan fingerprint density at radius 3 is 2.13 bits per heavy atom. The van der Waals surface area contributed by atoms with Gasteiger partial charge in [0, 0.05) is 12.1 Å². The average Bonchev–Trinajstić information content (AvgIpc) is 2.75. The standard InChI is InChI=1S/C23H30N2O5/c1-4-28-19-10-8-18(9-11-19)23(27)25-16-22(26)24-14-13-17-7-12-20(29-5-2)21(15-17)30-6-3/h7-12,15H,4-6,13-14,16H2,1-3H3,(H,24,26)(H,25,27). The van der Waals surface area contributed by atoms with Crippen LogP contribution in [0.3, 0.4) is 0 Å². The van der Waals surface area contributed by atoms with Crippen LogP contribution in [0, 0.1) is 0 Å². The summed E-state index contributed by atoms with van der Waals surface area (Å²) in [6.07, 6.45) is 0.644. The number of benzene rings is 2. The van der Waals surface area contributed by atoms with Crippen molar-refractivity contribution in [2.24, 2.45) is 0 Å². The van der Waals surface area contributed by atoms with Crippen LogP contribution >= 0.6 is 0 Å². The minimum atomic E-state index is -0.305. The Kier molecular flexibility index (Phi) is 9.51. The Morgan fingerprint density at radius 1 is 0.800 bits per heavy atom. The lowest BCUT2D eigenvalue weighted by Crippen LogP contribution is -2.37. The lowest BCUT2D eigenvalue weighted by Gasteiger charge is -2.13. The van der Waals surface area contributed by atoms with Crippen LogP contribution in [0.5, 0.6) is 17.2 Å². The summed E-state index contributed by atoms with van der Waals surface area (Å²) in [6, 6.07) is 12.5. The molecule has 0 saturated heterocycles. The molecule has 0 saturated carbocycles. The summed E-state index contributed by atoms with van der Waals surface area (Å²) >= 11 is 0. The molecule has 0 aliphatic carbocycles. The Labute approximate surface area is 177 Å². The number of hydrogen-bond acceptors (Lipinski definition) is 5. The Morgan fingerprint density at radius 2 is 1.47 bits per heavy atom. The smallest absolute Gasteiger partial charge is 0.251 e. The lowest BCUT2D eigenvalue weighted by molar-refractivity contribution is -0.120. The lowest BCUT2D eigenvalue weighted by atomic mass is 10.1. The van der Waals surface area contributed by atoms with Gasteiger partial charge in [-0.25, -0.2) is 0 Å². The molecule has 0 aliphatic heterocycles. The van der Waals surface area contributed by atoms with Gasteiger partial charge in [0.2, 0.25) is 5.91 Å². The van der Waals surface area contributed by atoms with Crippen molar-refractivity contribution < 1.29 is 23.8 Å². The Bertz CT molecular complexity index is 821. The molecule has 0 bridgehead atoms. The van der Waals surface area contributed by atoms with E-state index >= 15 is 0 Å². The summed E-state index contributed by atoms with van der Waals surface area (Å²) in [5.41, 5.74) is 1.50. The Hall–Kier alpha value is -3.22. The Balaban J connectivity index is 1.76. The third kappa shape index (κ3) is 7.31. The van der Waals surface area contributed by atoms with Crippen molar-refractivity contribution in [1.29, 1.82) is 0 Å². The highest BCUT2D eigenvalue weighted by atomic mass is 16.5. The SMILES string of the molecule is CCOc1ccc(C(=O)NCC(=O)NCCc2ccc(OCC)c(OCC)c2)cc1. The number of hydrogen-bond donors (Lipinski definition) is 2. The number of amides is 2. The highest BCUT2D eigenvalue weighted by molar-refractivity contribution is 5.96. The minimum Gasteiger partial charge on any atom is -0.494 e. The first-order valence-corrected chi connectivity index (χ1v) is 10.2. The van der Waals surface area contributed by atoms with Crippen molar-refractivity contribution in [3.63, 3.8) is 0 Å². The van der Waals surface area contributed by atoms with Crippen LogP contribution in [-0.4, -0.2) is 44.7 Å². The van der Waals surface area contributed by atoms with E-state index < -0.39 is 0 Å². The van der Waals surface area contributed by atoms with E-state index in [4.69, 9.17) is 14.2 Å². The van der Waals surface area contributed by atoms with Gasteiger partial charge in [0.25, 0.3) is 5.91 Å². The summed E-state index contributed by atoms with van der Waals surface area (Å²) in [4.78, 5) is 24.2. The van der Waals surface area contributed by atoms with E-state index in [9.17, 15) is 9.59 Å². The molecule has 0 heterocycles. The largest absolute Gasteiger partial charge is 0.494 e. The van der Waals surface area contributed by atoms with Crippen LogP contribution in [0.4, 0.5) is 0 Å². The monoisotopic (exact) mass is 414 g/mol. The molecular formula is C23H30N2O5. The fourth-order valence-corrected chi connectivity index (χ4v) is 2.79. The van der Waals surface area contributed by atoms with Gasteiger partial charge in [0.05, 0.1) is 26.4 Å². The van der Waals surface area contributed by atoms with Gasteiger partial charge in [-0.2, -0.15) is 0 Å². The van der Waals surface area contributed by atoms with Gasteiger partial charge in [-0.1, -0.05) is 6.07 Å². The van der Waals surface area contributed by atoms with Crippen molar-refractivity contribution >= 4 is 11.8 Å². The van der Waals surface area contributed by atoms with E-state index in [2.05, 4.69) is 10.6 Å². The molecule has 30 heavy (non-hydrogen) atoms. The van der Waals surface area contributed by atoms with Gasteiger partial charge in [0.15, 0.2) is 11.5 Å². The molecule has 2 aromatic rings. The maximum Gasteiger partial charge on any atom is 0.251 e. The maximum absolute atomic E-state index is 12.1. The second-order valence-electron chi connectivity index (χ2n) is 6.39. The molecule has 0 spiro atoms. The molecule has 0 unspecified atom stereocenters. The first kappa shape index (κ1) is 23.1. The molecule has 2 N–H and O–H groups in total. The number of rotatable bonds is 12. The van der Waals surface area contributed by atoms with Crippen molar-refractivity contribution in [3.8, 4) is 17.2 Å². The van der Waals surface area contributed by atoms with Gasteiger partial charge in [0.1, 0.15) is 5.75 Å². The number of nitrogens with one attached hydrogen (secondary N) is 2. The van der Waals surface area contributed by atoms with E-state index in [1.165, 1.54) is 0 Å². The zero-order chi connectivity index (χ0) is 21.8. The molecule has 0 radical (unpaired) electrons. The summed E-state index contributed by atoms with van der Waals surface area (Å²) in [7, 11) is 0. The van der Waals surface area contributed by atoms with Crippen LogP contribution in [-0.2, 0) is 11.2 Å². The van der Waals surface area contributed by atoms with Gasteiger partial charge >= 0.3 is 0 Å². The molecule has 0 atom stereocenters. The van der Waals surface area contributed by atoms with Gasteiger partial charge in [-0.05, 0) is 69.2 Å². The second kappa shape index (κ2) is 12.4. The van der Waals surface area contributed by atoms with Crippen molar-refractivity contribution in [3.05, 3.63) is 53.6 Å². The molecule has 7 heteroatoms. The molecule has 2 amide bonds. The molecule has 0 aliphatic rings. The summed E-state index contributed by atoms with van der Waals surface area (Å²) in [5.74, 6) is 1.56. The minimum absolute atomic E-state index is 0.0838. The zero-order valence-electron chi connectivity index (χ0n) is 17.8. The van der Waals surface area contributed by atoms with E-state index in [0.717, 1.165) is 5.56 Å². The second-order valence-corrected chi connectivity index (χ2v) is 6.39. The number of carbonyl (C=O) groups excluding carboxylic acids is 2. The van der Waals surface area contributed by atoms with Crippen LogP contribution in [0.1, 0.15) is 36.7 Å². The number of carbonyl (C=O) groups is 2. The molecule has 162 valence electrons. The van der Waals surface area contributed by atoms with Crippen molar-refractivity contribution in [1.82, 2.24) is 10.6 Å². The molecule has 2 rings (SSSR count). The van der Waals surface area contributed by atoms with Crippen LogP contribution in [0.15, 0.2) is 42.5 Å². The van der Waals surface area contributed by atoms with E-state index in [-0.39, 0.29) is 18.4 Å². The molecule has 0 fully saturated rings. The van der Waals surface area contributed by atoms with Gasteiger partial charge in [-0.15, -0.1) is 0 Å². The first-order chi connectivity index (χ1) is 14.6. The quantitative estimate of drug-likeness (QED) is 0.558. The summed E-state index contributed by atoms with van der Waals surface area (Å²) in [6.45, 7) is 7.80. The van der Waals surface area contributed by atoms with Crippen molar-refractivity contribution in [2.75, 3.05) is 32.9 Å². The van der Waals surface area contributed by atoms with E-state index in [1.54, 1.807) is 24.3 Å². The molecular weight excluding hydrogens is 384 g/mol. The predicted octanol–water partition coefficient (Wildman–Crippen LogP) is 2.97. The fourth-order valence-electron chi connectivity index (χ4n) is 2.79. The highest BCUT2D eigenvalue weighted by Crippen LogP contribution is 2.28. The van der Waals surface area contributed by atoms with Crippen LogP contribution < -0.4 is 24.8 Å². The predicted molar refractivity (Wildman–Crippen MR) is 115 cm³/mol. The molecule has 0 aromatic heterocycles. The third-order valence-electron chi connectivity index (χ3n) is 4.18. The normalized spacial score (nSPS) is 10.2. The molecule has 7 nitrogen and oxygen atoms in total. The highest BCUT2D eigenvalue weighted by Gasteiger charge is 2.09. The summed E-state index contributed by atoms with van der Waals surface area (Å²) < 4.78 is 16.5.